The summed E-state index contributed by atoms with van der Waals surface area (Å²) in [4.78, 5) is 30.3. The Morgan fingerprint density at radius 1 is 1.23 bits per heavy atom. The number of nitro groups is 1. The van der Waals surface area contributed by atoms with E-state index in [0.29, 0.717) is 17.3 Å². The predicted molar refractivity (Wildman–Crippen MR) is 116 cm³/mol. The molecule has 2 aromatic heterocycles. The molecule has 9 nitrogen and oxygen atoms in total. The number of amides is 1. The van der Waals surface area contributed by atoms with Crippen molar-refractivity contribution in [2.75, 3.05) is 18.0 Å². The Morgan fingerprint density at radius 2 is 2.03 bits per heavy atom. The minimum absolute atomic E-state index is 0.0934. The third-order valence-corrected chi connectivity index (χ3v) is 5.56. The molecule has 3 heterocycles. The van der Waals surface area contributed by atoms with Gasteiger partial charge >= 0.3 is 0 Å². The zero-order valence-electron chi connectivity index (χ0n) is 17.3. The summed E-state index contributed by atoms with van der Waals surface area (Å²) >= 11 is 0. The molecule has 1 amide bonds. The molecule has 1 aliphatic heterocycles. The molecule has 1 aromatic carbocycles. The van der Waals surface area contributed by atoms with Crippen molar-refractivity contribution >= 4 is 17.3 Å². The van der Waals surface area contributed by atoms with Crippen LogP contribution in [0.1, 0.15) is 35.7 Å². The molecule has 0 unspecified atom stereocenters. The van der Waals surface area contributed by atoms with Crippen molar-refractivity contribution in [3.63, 3.8) is 0 Å². The van der Waals surface area contributed by atoms with Crippen LogP contribution >= 0.6 is 0 Å². The first-order valence-electron chi connectivity index (χ1n) is 10.3. The van der Waals surface area contributed by atoms with Crippen LogP contribution in [0.15, 0.2) is 55.0 Å². The number of pyridine rings is 1. The van der Waals surface area contributed by atoms with Crippen LogP contribution in [-0.4, -0.2) is 38.7 Å². The number of aromatic nitrogens is 3. The first-order valence-corrected chi connectivity index (χ1v) is 10.3. The molecule has 31 heavy (non-hydrogen) atoms. The van der Waals surface area contributed by atoms with Gasteiger partial charge in [0.05, 0.1) is 16.2 Å². The maximum Gasteiger partial charge on any atom is 0.270 e. The zero-order chi connectivity index (χ0) is 21.8. The number of nitrogens with one attached hydrogen (secondary N) is 1. The second-order valence-corrected chi connectivity index (χ2v) is 7.78. The van der Waals surface area contributed by atoms with Gasteiger partial charge in [-0.3, -0.25) is 14.9 Å². The van der Waals surface area contributed by atoms with Gasteiger partial charge in [-0.15, -0.1) is 0 Å². The predicted octanol–water partition coefficient (Wildman–Crippen LogP) is 3.34. The van der Waals surface area contributed by atoms with Crippen LogP contribution in [0.5, 0.6) is 0 Å². The Morgan fingerprint density at radius 3 is 2.74 bits per heavy atom. The fraction of sp³-hybridized carbons (Fsp3) is 0.318. The first-order chi connectivity index (χ1) is 15.0. The van der Waals surface area contributed by atoms with Crippen LogP contribution in [0, 0.1) is 16.0 Å². The molecule has 1 N–H and O–H groups in total. The highest BCUT2D eigenvalue weighted by Crippen LogP contribution is 2.29. The second-order valence-electron chi connectivity index (χ2n) is 7.78. The van der Waals surface area contributed by atoms with Gasteiger partial charge in [-0.1, -0.05) is 6.92 Å². The van der Waals surface area contributed by atoms with Crippen LogP contribution in [0.25, 0.3) is 5.82 Å². The van der Waals surface area contributed by atoms with Gasteiger partial charge in [0.2, 0.25) is 0 Å². The third-order valence-electron chi connectivity index (χ3n) is 5.56. The second kappa shape index (κ2) is 8.95. The van der Waals surface area contributed by atoms with E-state index in [-0.39, 0.29) is 18.1 Å². The molecule has 9 heteroatoms. The number of piperidine rings is 1. The third kappa shape index (κ3) is 4.71. The molecule has 1 fully saturated rings. The zero-order valence-corrected chi connectivity index (χ0v) is 17.3. The Bertz CT molecular complexity index is 1070. The van der Waals surface area contributed by atoms with Crippen molar-refractivity contribution in [2.24, 2.45) is 5.92 Å². The smallest absolute Gasteiger partial charge is 0.270 e. The number of nitrogens with zero attached hydrogens (tertiary/aromatic N) is 5. The highest BCUT2D eigenvalue weighted by Gasteiger charge is 2.23. The number of hydrogen-bond acceptors (Lipinski definition) is 6. The average molecular weight is 420 g/mol. The van der Waals surface area contributed by atoms with Crippen LogP contribution in [0.3, 0.4) is 0 Å². The normalized spacial score (nSPS) is 14.4. The molecule has 3 aromatic rings. The Kier molecular flexibility index (Phi) is 5.92. The molecule has 0 aliphatic carbocycles. The topological polar surface area (TPSA) is 106 Å². The van der Waals surface area contributed by atoms with Crippen molar-refractivity contribution in [1.82, 2.24) is 20.1 Å². The fourth-order valence-electron chi connectivity index (χ4n) is 3.72. The number of anilines is 1. The fourth-order valence-corrected chi connectivity index (χ4v) is 3.72. The minimum atomic E-state index is -0.474. The maximum absolute atomic E-state index is 13.0. The number of hydrogen-bond donors (Lipinski definition) is 1. The molecule has 1 saturated heterocycles. The Balaban J connectivity index is 1.54. The summed E-state index contributed by atoms with van der Waals surface area (Å²) in [6.07, 6.45) is 7.18. The summed E-state index contributed by atoms with van der Waals surface area (Å²) in [7, 11) is 0. The van der Waals surface area contributed by atoms with Crippen LogP contribution < -0.4 is 10.2 Å². The molecule has 0 saturated carbocycles. The van der Waals surface area contributed by atoms with E-state index in [1.54, 1.807) is 35.4 Å². The Labute approximate surface area is 179 Å². The van der Waals surface area contributed by atoms with Crippen molar-refractivity contribution in [3.05, 3.63) is 76.2 Å². The minimum Gasteiger partial charge on any atom is -0.371 e. The van der Waals surface area contributed by atoms with Gasteiger partial charge in [-0.25, -0.2) is 9.67 Å². The van der Waals surface area contributed by atoms with Crippen LogP contribution in [-0.2, 0) is 6.54 Å². The number of carbonyl (C=O) groups excluding carboxylic acids is 1. The quantitative estimate of drug-likeness (QED) is 0.484. The van der Waals surface area contributed by atoms with Gasteiger partial charge in [0.15, 0.2) is 5.82 Å². The molecule has 0 atom stereocenters. The first kappa shape index (κ1) is 20.5. The SMILES string of the molecule is CC1CCN(c2ccc([N+](=O)[O-])cc2C(=O)NCc2ccnc(-n3cccn3)c2)CC1. The van der Waals surface area contributed by atoms with E-state index in [2.05, 4.69) is 27.2 Å². The van der Waals surface area contributed by atoms with E-state index < -0.39 is 4.92 Å². The van der Waals surface area contributed by atoms with E-state index in [1.807, 2.05) is 12.1 Å². The number of non-ortho nitro benzene ring substituents is 1. The molecule has 0 bridgehead atoms. The maximum atomic E-state index is 13.0. The molecule has 4 rings (SSSR count). The van der Waals surface area contributed by atoms with Gasteiger partial charge in [0.25, 0.3) is 11.6 Å². The lowest BCUT2D eigenvalue weighted by Crippen LogP contribution is -2.35. The number of carbonyl (C=O) groups is 1. The lowest BCUT2D eigenvalue weighted by Gasteiger charge is -2.33. The van der Waals surface area contributed by atoms with Gasteiger partial charge in [-0.2, -0.15) is 5.10 Å². The van der Waals surface area contributed by atoms with E-state index >= 15 is 0 Å². The van der Waals surface area contributed by atoms with Crippen molar-refractivity contribution in [3.8, 4) is 5.82 Å². The van der Waals surface area contributed by atoms with E-state index in [9.17, 15) is 14.9 Å². The van der Waals surface area contributed by atoms with E-state index in [4.69, 9.17) is 0 Å². The molecule has 160 valence electrons. The van der Waals surface area contributed by atoms with Gasteiger partial charge in [0.1, 0.15) is 0 Å². The van der Waals surface area contributed by atoms with Crippen molar-refractivity contribution < 1.29 is 9.72 Å². The van der Waals surface area contributed by atoms with E-state index in [1.165, 1.54) is 12.1 Å². The molecule has 0 spiro atoms. The molecular weight excluding hydrogens is 396 g/mol. The molecule has 0 radical (unpaired) electrons. The summed E-state index contributed by atoms with van der Waals surface area (Å²) < 4.78 is 1.64. The number of nitro benzene ring substituents is 1. The van der Waals surface area contributed by atoms with Crippen LogP contribution in [0.4, 0.5) is 11.4 Å². The van der Waals surface area contributed by atoms with Gasteiger partial charge in [0, 0.05) is 50.4 Å². The standard InChI is InChI=1S/C22H24N6O3/c1-16-6-11-26(12-7-16)20-4-3-18(28(30)31)14-19(20)22(29)24-15-17-5-9-23-21(13-17)27-10-2-8-25-27/h2-5,8-10,13-14,16H,6-7,11-12,15H2,1H3,(H,24,29). The largest absolute Gasteiger partial charge is 0.371 e. The highest BCUT2D eigenvalue weighted by atomic mass is 16.6. The number of benzene rings is 1. The highest BCUT2D eigenvalue weighted by molar-refractivity contribution is 6.00. The van der Waals surface area contributed by atoms with E-state index in [0.717, 1.165) is 37.2 Å². The summed E-state index contributed by atoms with van der Waals surface area (Å²) in [5.74, 6) is 0.951. The lowest BCUT2D eigenvalue weighted by molar-refractivity contribution is -0.384. The average Bonchev–Trinajstić information content (AvgIpc) is 3.33. The summed E-state index contributed by atoms with van der Waals surface area (Å²) in [5.41, 5.74) is 1.82. The number of rotatable bonds is 6. The lowest BCUT2D eigenvalue weighted by atomic mass is 9.98. The molecular formula is C22H24N6O3. The Hall–Kier alpha value is -3.75. The summed E-state index contributed by atoms with van der Waals surface area (Å²) in [6, 6.07) is 9.97. The monoisotopic (exact) mass is 420 g/mol. The van der Waals surface area contributed by atoms with Crippen molar-refractivity contribution in [2.45, 2.75) is 26.3 Å². The molecule has 1 aliphatic rings. The summed E-state index contributed by atoms with van der Waals surface area (Å²) in [6.45, 7) is 4.15. The summed E-state index contributed by atoms with van der Waals surface area (Å²) in [5, 5.41) is 18.3. The van der Waals surface area contributed by atoms with Crippen LogP contribution in [0.2, 0.25) is 0 Å². The van der Waals surface area contributed by atoms with Crippen molar-refractivity contribution in [1.29, 1.82) is 0 Å². The van der Waals surface area contributed by atoms with Gasteiger partial charge in [-0.05, 0) is 48.6 Å². The van der Waals surface area contributed by atoms with Gasteiger partial charge < -0.3 is 10.2 Å².